The van der Waals surface area contributed by atoms with Gasteiger partial charge in [-0.1, -0.05) is 12.1 Å². The fourth-order valence-corrected chi connectivity index (χ4v) is 4.18. The zero-order valence-electron chi connectivity index (χ0n) is 14.5. The van der Waals surface area contributed by atoms with E-state index >= 15 is 0 Å². The highest BCUT2D eigenvalue weighted by molar-refractivity contribution is 7.89. The Morgan fingerprint density at radius 2 is 1.88 bits per heavy atom. The van der Waals surface area contributed by atoms with E-state index in [0.29, 0.717) is 24.5 Å². The van der Waals surface area contributed by atoms with Crippen molar-refractivity contribution in [1.82, 2.24) is 14.7 Å². The molecular formula is C17H22N5O3S+. The Morgan fingerprint density at radius 3 is 2.50 bits per heavy atom. The number of amides is 1. The van der Waals surface area contributed by atoms with E-state index in [4.69, 9.17) is 0 Å². The molecule has 1 fully saturated rings. The second-order valence-electron chi connectivity index (χ2n) is 6.02. The number of quaternary nitrogens is 1. The van der Waals surface area contributed by atoms with Crippen molar-refractivity contribution in [2.24, 2.45) is 5.10 Å². The first-order valence-corrected chi connectivity index (χ1v) is 9.83. The second kappa shape index (κ2) is 7.81. The first-order valence-electron chi connectivity index (χ1n) is 8.39. The zero-order valence-corrected chi connectivity index (χ0v) is 15.3. The lowest BCUT2D eigenvalue weighted by molar-refractivity contribution is -0.661. The molecule has 4 N–H and O–H groups in total. The molecule has 8 nitrogen and oxygen atoms in total. The van der Waals surface area contributed by atoms with E-state index in [-0.39, 0.29) is 10.8 Å². The molecule has 1 aliphatic heterocycles. The monoisotopic (exact) mass is 376 g/mol. The highest BCUT2D eigenvalue weighted by atomic mass is 32.2. The van der Waals surface area contributed by atoms with Crippen LogP contribution in [0.1, 0.15) is 23.0 Å². The van der Waals surface area contributed by atoms with Crippen LogP contribution in [-0.2, 0) is 10.0 Å². The van der Waals surface area contributed by atoms with Crippen LogP contribution in [0, 0.1) is 0 Å². The lowest BCUT2D eigenvalue weighted by Gasteiger charge is -2.24. The highest BCUT2D eigenvalue weighted by Gasteiger charge is 2.27. The number of aromatic amines is 1. The molecule has 0 atom stereocenters. The number of nitrogens with zero attached hydrogens (tertiary/aromatic N) is 2. The number of nitrogens with two attached hydrogens (primary N) is 1. The summed E-state index contributed by atoms with van der Waals surface area (Å²) in [4.78, 5) is 14.9. The van der Waals surface area contributed by atoms with Gasteiger partial charge in [0.25, 0.3) is 5.91 Å². The van der Waals surface area contributed by atoms with Crippen molar-refractivity contribution in [2.75, 3.05) is 26.2 Å². The molecule has 1 aromatic carbocycles. The van der Waals surface area contributed by atoms with Gasteiger partial charge in [0, 0.05) is 6.20 Å². The van der Waals surface area contributed by atoms with Crippen LogP contribution in [-0.4, -0.2) is 55.5 Å². The molecule has 0 bridgehead atoms. The highest BCUT2D eigenvalue weighted by Crippen LogP contribution is 2.16. The van der Waals surface area contributed by atoms with Gasteiger partial charge in [0.2, 0.25) is 10.0 Å². The minimum absolute atomic E-state index is 0.270. The Balaban J connectivity index is 1.70. The maximum atomic E-state index is 12.6. The van der Waals surface area contributed by atoms with Gasteiger partial charge < -0.3 is 10.3 Å². The SMILES string of the molecule is C/C(=N/NC(=O)c1ccc[nH]1)c1ccc(S(=O)(=O)N2CC[NH2+]CC2)cc1. The van der Waals surface area contributed by atoms with Crippen molar-refractivity contribution in [2.45, 2.75) is 11.8 Å². The average molecular weight is 376 g/mol. The normalized spacial score (nSPS) is 16.4. The van der Waals surface area contributed by atoms with E-state index in [0.717, 1.165) is 18.7 Å². The maximum Gasteiger partial charge on any atom is 0.287 e. The van der Waals surface area contributed by atoms with Crippen LogP contribution in [0.25, 0.3) is 0 Å². The summed E-state index contributed by atoms with van der Waals surface area (Å²) in [5.41, 5.74) is 4.21. The number of piperazine rings is 1. The molecule has 9 heteroatoms. The van der Waals surface area contributed by atoms with Crippen LogP contribution in [0.3, 0.4) is 0 Å². The number of rotatable bonds is 5. The average Bonchev–Trinajstić information content (AvgIpc) is 3.21. The molecule has 1 amide bonds. The molecule has 138 valence electrons. The van der Waals surface area contributed by atoms with Crippen molar-refractivity contribution in [3.8, 4) is 0 Å². The van der Waals surface area contributed by atoms with Crippen molar-refractivity contribution in [1.29, 1.82) is 0 Å². The van der Waals surface area contributed by atoms with Gasteiger partial charge in [-0.15, -0.1) is 0 Å². The summed E-state index contributed by atoms with van der Waals surface area (Å²) in [6.07, 6.45) is 1.66. The Kier molecular flexibility index (Phi) is 5.50. The Morgan fingerprint density at radius 1 is 1.19 bits per heavy atom. The number of hydrogen-bond acceptors (Lipinski definition) is 4. The minimum Gasteiger partial charge on any atom is -0.357 e. The molecule has 0 aliphatic carbocycles. The third-order valence-corrected chi connectivity index (χ3v) is 6.16. The number of hydrazone groups is 1. The van der Waals surface area contributed by atoms with Gasteiger partial charge >= 0.3 is 0 Å². The fraction of sp³-hybridized carbons (Fsp3) is 0.294. The maximum absolute atomic E-state index is 12.6. The van der Waals surface area contributed by atoms with Gasteiger partial charge in [-0.2, -0.15) is 9.41 Å². The third-order valence-electron chi connectivity index (χ3n) is 4.24. The van der Waals surface area contributed by atoms with Crippen LogP contribution in [0.4, 0.5) is 0 Å². The number of aromatic nitrogens is 1. The summed E-state index contributed by atoms with van der Waals surface area (Å²) in [7, 11) is -3.46. The Hall–Kier alpha value is -2.49. The smallest absolute Gasteiger partial charge is 0.287 e. The van der Waals surface area contributed by atoms with Gasteiger partial charge in [-0.05, 0) is 36.8 Å². The number of hydrogen-bond donors (Lipinski definition) is 3. The number of carbonyl (C=O) groups is 1. The van der Waals surface area contributed by atoms with Gasteiger partial charge in [-0.25, -0.2) is 13.8 Å². The zero-order chi connectivity index (χ0) is 18.6. The standard InChI is InChI=1S/C17H21N5O3S/c1-13(20-21-17(23)16-3-2-8-19-16)14-4-6-15(7-5-14)26(24,25)22-11-9-18-10-12-22/h2-8,18-19H,9-12H2,1H3,(H,21,23)/p+1/b20-13-. The first kappa shape index (κ1) is 18.3. The molecule has 26 heavy (non-hydrogen) atoms. The lowest BCUT2D eigenvalue weighted by atomic mass is 10.1. The van der Waals surface area contributed by atoms with Crippen LogP contribution in [0.15, 0.2) is 52.6 Å². The van der Waals surface area contributed by atoms with Crippen molar-refractivity contribution in [3.05, 3.63) is 53.9 Å². The molecule has 0 saturated carbocycles. The summed E-state index contributed by atoms with van der Waals surface area (Å²) >= 11 is 0. The molecule has 0 unspecified atom stereocenters. The largest absolute Gasteiger partial charge is 0.357 e. The summed E-state index contributed by atoms with van der Waals surface area (Å²) in [5.74, 6) is -0.338. The van der Waals surface area contributed by atoms with Gasteiger partial charge in [-0.3, -0.25) is 4.79 Å². The lowest BCUT2D eigenvalue weighted by Crippen LogP contribution is -2.89. The van der Waals surface area contributed by atoms with Crippen molar-refractivity contribution < 1.29 is 18.5 Å². The predicted molar refractivity (Wildman–Crippen MR) is 97.3 cm³/mol. The fourth-order valence-electron chi connectivity index (χ4n) is 2.72. The number of sulfonamides is 1. The topological polar surface area (TPSA) is 111 Å². The second-order valence-corrected chi connectivity index (χ2v) is 7.95. The summed E-state index contributed by atoms with van der Waals surface area (Å²) < 4.78 is 26.8. The predicted octanol–water partition coefficient (Wildman–Crippen LogP) is -0.264. The number of nitrogens with one attached hydrogen (secondary N) is 2. The Labute approximate surface area is 152 Å². The van der Waals surface area contributed by atoms with Crippen LogP contribution in [0.2, 0.25) is 0 Å². The number of H-pyrrole nitrogens is 1. The summed E-state index contributed by atoms with van der Waals surface area (Å²) in [6.45, 7) is 4.36. The molecule has 3 rings (SSSR count). The van der Waals surface area contributed by atoms with E-state index < -0.39 is 10.0 Å². The molecule has 2 aromatic rings. The Bertz CT molecular complexity index is 883. The molecule has 2 heterocycles. The molecule has 1 aromatic heterocycles. The quantitative estimate of drug-likeness (QED) is 0.494. The van der Waals surface area contributed by atoms with Crippen molar-refractivity contribution >= 4 is 21.6 Å². The first-order chi connectivity index (χ1) is 12.5. The van der Waals surface area contributed by atoms with Crippen LogP contribution in [0.5, 0.6) is 0 Å². The van der Waals surface area contributed by atoms with Gasteiger partial charge in [0.05, 0.1) is 36.8 Å². The molecular weight excluding hydrogens is 354 g/mol. The number of carbonyl (C=O) groups excluding carboxylic acids is 1. The number of benzene rings is 1. The van der Waals surface area contributed by atoms with E-state index in [2.05, 4.69) is 20.8 Å². The molecule has 1 saturated heterocycles. The molecule has 0 radical (unpaired) electrons. The van der Waals surface area contributed by atoms with E-state index in [1.54, 1.807) is 49.5 Å². The van der Waals surface area contributed by atoms with E-state index in [9.17, 15) is 13.2 Å². The van der Waals surface area contributed by atoms with E-state index in [1.165, 1.54) is 4.31 Å². The van der Waals surface area contributed by atoms with E-state index in [1.807, 2.05) is 0 Å². The molecule has 0 spiro atoms. The van der Waals surface area contributed by atoms with Gasteiger partial charge in [0.1, 0.15) is 5.69 Å². The van der Waals surface area contributed by atoms with Crippen molar-refractivity contribution in [3.63, 3.8) is 0 Å². The van der Waals surface area contributed by atoms with Crippen LogP contribution < -0.4 is 10.7 Å². The molecule has 1 aliphatic rings. The summed E-state index contributed by atoms with van der Waals surface area (Å²) in [6, 6.07) is 9.93. The third kappa shape index (κ3) is 4.01. The van der Waals surface area contributed by atoms with Gasteiger partial charge in [0.15, 0.2) is 0 Å². The summed E-state index contributed by atoms with van der Waals surface area (Å²) in [5, 5.41) is 6.17. The van der Waals surface area contributed by atoms with Crippen LogP contribution >= 0.6 is 0 Å². The minimum atomic E-state index is -3.46.